The first-order chi connectivity index (χ1) is 8.21. The lowest BCUT2D eigenvalue weighted by atomic mass is 10.2. The molecular weight excluding hydrogens is 212 g/mol. The molecule has 0 amide bonds. The molecule has 0 saturated heterocycles. The van der Waals surface area contributed by atoms with Crippen LogP contribution in [0.4, 0.5) is 0 Å². The predicted octanol–water partition coefficient (Wildman–Crippen LogP) is 4.42. The van der Waals surface area contributed by atoms with Crippen LogP contribution >= 0.6 is 0 Å². The van der Waals surface area contributed by atoms with Crippen LogP contribution in [0.1, 0.15) is 32.3 Å². The number of benzene rings is 1. The summed E-state index contributed by atoms with van der Waals surface area (Å²) in [6.45, 7) is 7.98. The van der Waals surface area contributed by atoms with Crippen molar-refractivity contribution in [1.29, 1.82) is 0 Å². The van der Waals surface area contributed by atoms with Crippen molar-refractivity contribution in [3.63, 3.8) is 0 Å². The van der Waals surface area contributed by atoms with Crippen LogP contribution in [0.25, 0.3) is 6.08 Å². The lowest BCUT2D eigenvalue weighted by molar-refractivity contribution is 0.352. The van der Waals surface area contributed by atoms with E-state index in [-0.39, 0.29) is 0 Å². The molecule has 17 heavy (non-hydrogen) atoms. The van der Waals surface area contributed by atoms with E-state index in [1.807, 2.05) is 37.3 Å². The van der Waals surface area contributed by atoms with Crippen molar-refractivity contribution in [2.24, 2.45) is 0 Å². The van der Waals surface area contributed by atoms with Crippen molar-refractivity contribution in [3.8, 4) is 11.5 Å². The Hall–Kier alpha value is -1.70. The average molecular weight is 232 g/mol. The molecule has 1 aromatic rings. The third-order valence-corrected chi connectivity index (χ3v) is 2.33. The quantitative estimate of drug-likeness (QED) is 0.676. The first-order valence-electron chi connectivity index (χ1n) is 5.87. The van der Waals surface area contributed by atoms with Gasteiger partial charge in [0.2, 0.25) is 0 Å². The van der Waals surface area contributed by atoms with Gasteiger partial charge in [0, 0.05) is 6.42 Å². The van der Waals surface area contributed by atoms with Crippen LogP contribution in [0.3, 0.4) is 0 Å². The van der Waals surface area contributed by atoms with Crippen molar-refractivity contribution >= 4 is 6.08 Å². The zero-order valence-corrected chi connectivity index (χ0v) is 10.8. The van der Waals surface area contributed by atoms with Crippen LogP contribution in [0.15, 0.2) is 36.6 Å². The number of methoxy groups -OCH3 is 1. The molecule has 0 spiro atoms. The fraction of sp³-hybridized carbons (Fsp3) is 0.333. The number of allylic oxidation sites excluding steroid dienone is 2. The van der Waals surface area contributed by atoms with E-state index < -0.39 is 0 Å². The Kier molecular flexibility index (Phi) is 5.34. The van der Waals surface area contributed by atoms with E-state index in [0.717, 1.165) is 35.7 Å². The number of ether oxygens (including phenoxy) is 2. The van der Waals surface area contributed by atoms with Crippen molar-refractivity contribution in [3.05, 3.63) is 42.2 Å². The molecule has 0 atom stereocenters. The van der Waals surface area contributed by atoms with Crippen LogP contribution in [0.2, 0.25) is 0 Å². The Labute approximate surface area is 104 Å². The van der Waals surface area contributed by atoms with Gasteiger partial charge in [-0.15, -0.1) is 0 Å². The second-order valence-corrected chi connectivity index (χ2v) is 3.80. The molecule has 1 aromatic carbocycles. The van der Waals surface area contributed by atoms with Gasteiger partial charge in [-0.2, -0.15) is 0 Å². The van der Waals surface area contributed by atoms with Gasteiger partial charge < -0.3 is 9.47 Å². The van der Waals surface area contributed by atoms with Crippen molar-refractivity contribution in [1.82, 2.24) is 0 Å². The van der Waals surface area contributed by atoms with Gasteiger partial charge in [-0.05, 0) is 31.0 Å². The Balaban J connectivity index is 2.93. The molecule has 0 aliphatic carbocycles. The Morgan fingerprint density at radius 1 is 1.35 bits per heavy atom. The van der Waals surface area contributed by atoms with E-state index in [1.165, 1.54) is 0 Å². The summed E-state index contributed by atoms with van der Waals surface area (Å²) >= 11 is 0. The van der Waals surface area contributed by atoms with Crippen molar-refractivity contribution in [2.45, 2.75) is 26.7 Å². The monoisotopic (exact) mass is 232 g/mol. The van der Waals surface area contributed by atoms with Gasteiger partial charge in [0.05, 0.1) is 12.9 Å². The van der Waals surface area contributed by atoms with Gasteiger partial charge in [-0.25, -0.2) is 0 Å². The fourth-order valence-corrected chi connectivity index (χ4v) is 1.55. The first kappa shape index (κ1) is 13.4. The lowest BCUT2D eigenvalue weighted by Gasteiger charge is -2.12. The van der Waals surface area contributed by atoms with E-state index in [0.29, 0.717) is 0 Å². The molecule has 0 aliphatic heterocycles. The number of rotatable bonds is 6. The summed E-state index contributed by atoms with van der Waals surface area (Å²) in [5, 5.41) is 0. The molecule has 0 bridgehead atoms. The Morgan fingerprint density at radius 3 is 2.71 bits per heavy atom. The molecule has 0 saturated carbocycles. The van der Waals surface area contributed by atoms with E-state index >= 15 is 0 Å². The molecule has 0 heterocycles. The molecule has 0 aliphatic rings. The number of hydrogen-bond acceptors (Lipinski definition) is 2. The van der Waals surface area contributed by atoms with Crippen LogP contribution in [-0.4, -0.2) is 7.11 Å². The average Bonchev–Trinajstić information content (AvgIpc) is 2.30. The summed E-state index contributed by atoms with van der Waals surface area (Å²) in [4.78, 5) is 0. The maximum absolute atomic E-state index is 5.71. The molecule has 2 heteroatoms. The standard InChI is InChI=1S/C15H20O2/c1-5-7-12(3)17-15-11-13(8-6-2)9-10-14(15)16-4/h6,8-11H,3,5,7H2,1-2,4H3/b8-6+. The Morgan fingerprint density at radius 2 is 2.12 bits per heavy atom. The smallest absolute Gasteiger partial charge is 0.169 e. The van der Waals surface area contributed by atoms with Crippen LogP contribution in [0, 0.1) is 0 Å². The van der Waals surface area contributed by atoms with Gasteiger partial charge in [0.25, 0.3) is 0 Å². The van der Waals surface area contributed by atoms with Crippen LogP contribution < -0.4 is 9.47 Å². The normalized spacial score (nSPS) is 10.5. The minimum atomic E-state index is 0.724. The maximum Gasteiger partial charge on any atom is 0.169 e. The highest BCUT2D eigenvalue weighted by Crippen LogP contribution is 2.30. The second-order valence-electron chi connectivity index (χ2n) is 3.80. The minimum absolute atomic E-state index is 0.724. The third kappa shape index (κ3) is 3.99. The molecule has 1 rings (SSSR count). The molecule has 0 N–H and O–H groups in total. The van der Waals surface area contributed by atoms with E-state index in [2.05, 4.69) is 13.5 Å². The predicted molar refractivity (Wildman–Crippen MR) is 72.4 cm³/mol. The molecule has 0 aromatic heterocycles. The summed E-state index contributed by atoms with van der Waals surface area (Å²) in [6.07, 6.45) is 5.90. The molecule has 0 fully saturated rings. The zero-order valence-electron chi connectivity index (χ0n) is 10.8. The third-order valence-electron chi connectivity index (χ3n) is 2.33. The summed E-state index contributed by atoms with van der Waals surface area (Å²) in [5.74, 6) is 2.22. The summed E-state index contributed by atoms with van der Waals surface area (Å²) in [7, 11) is 1.64. The maximum atomic E-state index is 5.71. The minimum Gasteiger partial charge on any atom is -0.493 e. The van der Waals surface area contributed by atoms with Crippen molar-refractivity contribution in [2.75, 3.05) is 7.11 Å². The van der Waals surface area contributed by atoms with Gasteiger partial charge >= 0.3 is 0 Å². The fourth-order valence-electron chi connectivity index (χ4n) is 1.55. The largest absolute Gasteiger partial charge is 0.493 e. The number of hydrogen-bond donors (Lipinski definition) is 0. The SMILES string of the molecule is C=C(CCC)Oc1cc(/C=C/C)ccc1OC. The highest BCUT2D eigenvalue weighted by Gasteiger charge is 2.06. The first-order valence-corrected chi connectivity index (χ1v) is 5.87. The Bertz CT molecular complexity index is 405. The van der Waals surface area contributed by atoms with Crippen molar-refractivity contribution < 1.29 is 9.47 Å². The summed E-state index contributed by atoms with van der Waals surface area (Å²) < 4.78 is 11.0. The van der Waals surface area contributed by atoms with Gasteiger partial charge in [0.15, 0.2) is 11.5 Å². The van der Waals surface area contributed by atoms with E-state index in [4.69, 9.17) is 9.47 Å². The molecule has 0 unspecified atom stereocenters. The highest BCUT2D eigenvalue weighted by atomic mass is 16.5. The zero-order chi connectivity index (χ0) is 12.7. The van der Waals surface area contributed by atoms with Gasteiger partial charge in [0.1, 0.15) is 0 Å². The molecule has 92 valence electrons. The highest BCUT2D eigenvalue weighted by molar-refractivity contribution is 5.55. The summed E-state index contributed by atoms with van der Waals surface area (Å²) in [6, 6.07) is 5.86. The van der Waals surface area contributed by atoms with Gasteiger partial charge in [-0.1, -0.05) is 31.7 Å². The lowest BCUT2D eigenvalue weighted by Crippen LogP contribution is -1.96. The molecule has 2 nitrogen and oxygen atoms in total. The molecular formula is C15H20O2. The van der Waals surface area contributed by atoms with Crippen LogP contribution in [-0.2, 0) is 0 Å². The van der Waals surface area contributed by atoms with Gasteiger partial charge in [-0.3, -0.25) is 0 Å². The second kappa shape index (κ2) is 6.79. The topological polar surface area (TPSA) is 18.5 Å². The van der Waals surface area contributed by atoms with E-state index in [9.17, 15) is 0 Å². The van der Waals surface area contributed by atoms with E-state index in [1.54, 1.807) is 7.11 Å². The van der Waals surface area contributed by atoms with Crippen LogP contribution in [0.5, 0.6) is 11.5 Å². The summed E-state index contributed by atoms with van der Waals surface area (Å²) in [5.41, 5.74) is 1.09. The molecule has 0 radical (unpaired) electrons.